The monoisotopic (exact) mass is 255 g/mol. The lowest BCUT2D eigenvalue weighted by Gasteiger charge is -1.99. The Morgan fingerprint density at radius 1 is 0.947 bits per heavy atom. The third-order valence-corrected chi connectivity index (χ3v) is 2.89. The first-order chi connectivity index (χ1) is 9.30. The topological polar surface area (TPSA) is 48.7 Å². The second-order valence-electron chi connectivity index (χ2n) is 4.03. The highest BCUT2D eigenvalue weighted by molar-refractivity contribution is 5.59. The van der Waals surface area contributed by atoms with Crippen LogP contribution < -0.4 is 9.47 Å². The zero-order chi connectivity index (χ0) is 13.2. The average Bonchev–Trinajstić information content (AvgIpc) is 2.90. The van der Waals surface area contributed by atoms with Crippen LogP contribution in [-0.4, -0.2) is 28.8 Å². The molecule has 0 aliphatic heterocycles. The molecule has 5 heteroatoms. The molecule has 1 aromatic carbocycles. The number of rotatable bonds is 3. The number of hydrogen-bond acceptors (Lipinski definition) is 4. The van der Waals surface area contributed by atoms with E-state index in [1.165, 1.54) is 0 Å². The van der Waals surface area contributed by atoms with Crippen LogP contribution in [0.3, 0.4) is 0 Å². The summed E-state index contributed by atoms with van der Waals surface area (Å²) in [6.45, 7) is 0. The minimum absolute atomic E-state index is 0.677. The first kappa shape index (κ1) is 11.5. The molecule has 0 spiro atoms. The van der Waals surface area contributed by atoms with E-state index in [0.717, 1.165) is 22.7 Å². The van der Waals surface area contributed by atoms with Crippen molar-refractivity contribution in [1.29, 1.82) is 0 Å². The van der Waals surface area contributed by atoms with Crippen LogP contribution in [0.4, 0.5) is 0 Å². The number of benzene rings is 1. The molecule has 2 aromatic heterocycles. The number of nitrogens with zero attached hydrogens (tertiary/aromatic N) is 3. The lowest BCUT2D eigenvalue weighted by molar-refractivity contribution is 0.414. The predicted octanol–water partition coefficient (Wildman–Crippen LogP) is 2.41. The minimum Gasteiger partial charge on any atom is -0.497 e. The molecular formula is C14H13N3O2. The summed E-state index contributed by atoms with van der Waals surface area (Å²) in [4.78, 5) is 4.48. The van der Waals surface area contributed by atoms with Crippen molar-refractivity contribution in [2.75, 3.05) is 14.2 Å². The van der Waals surface area contributed by atoms with Gasteiger partial charge in [0.15, 0.2) is 11.5 Å². The zero-order valence-corrected chi connectivity index (χ0v) is 10.7. The lowest BCUT2D eigenvalue weighted by atomic mass is 10.2. The van der Waals surface area contributed by atoms with E-state index in [2.05, 4.69) is 10.1 Å². The highest BCUT2D eigenvalue weighted by atomic mass is 16.5. The van der Waals surface area contributed by atoms with E-state index >= 15 is 0 Å². The number of ether oxygens (including phenoxy) is 2. The molecule has 2 heterocycles. The number of pyridine rings is 1. The van der Waals surface area contributed by atoms with Gasteiger partial charge in [-0.15, -0.1) is 5.10 Å². The van der Waals surface area contributed by atoms with Crippen molar-refractivity contribution in [3.05, 3.63) is 42.6 Å². The van der Waals surface area contributed by atoms with E-state index < -0.39 is 0 Å². The van der Waals surface area contributed by atoms with Gasteiger partial charge < -0.3 is 9.47 Å². The molecule has 0 aliphatic carbocycles. The van der Waals surface area contributed by atoms with Gasteiger partial charge in [0.05, 0.1) is 14.2 Å². The van der Waals surface area contributed by atoms with Crippen molar-refractivity contribution in [2.24, 2.45) is 0 Å². The van der Waals surface area contributed by atoms with Gasteiger partial charge in [-0.05, 0) is 30.3 Å². The summed E-state index contributed by atoms with van der Waals surface area (Å²) in [5, 5.41) is 4.42. The van der Waals surface area contributed by atoms with Crippen LogP contribution in [0.1, 0.15) is 0 Å². The normalized spacial score (nSPS) is 10.6. The van der Waals surface area contributed by atoms with Crippen LogP contribution in [-0.2, 0) is 0 Å². The Hall–Kier alpha value is -2.56. The fraction of sp³-hybridized carbons (Fsp3) is 0.143. The average molecular weight is 255 g/mol. The third-order valence-electron chi connectivity index (χ3n) is 2.89. The Labute approximate surface area is 110 Å². The van der Waals surface area contributed by atoms with E-state index in [1.807, 2.05) is 42.6 Å². The largest absolute Gasteiger partial charge is 0.497 e. The van der Waals surface area contributed by atoms with Crippen molar-refractivity contribution in [2.45, 2.75) is 0 Å². The summed E-state index contributed by atoms with van der Waals surface area (Å²) in [6.07, 6.45) is 1.83. The summed E-state index contributed by atoms with van der Waals surface area (Å²) < 4.78 is 12.0. The second kappa shape index (κ2) is 4.61. The number of methoxy groups -OCH3 is 2. The van der Waals surface area contributed by atoms with Crippen molar-refractivity contribution in [3.63, 3.8) is 0 Å². The summed E-state index contributed by atoms with van der Waals surface area (Å²) in [6, 6.07) is 11.3. The number of fused-ring (bicyclic) bond motifs is 1. The molecule has 0 amide bonds. The molecule has 0 N–H and O–H groups in total. The van der Waals surface area contributed by atoms with E-state index in [0.29, 0.717) is 5.82 Å². The maximum Gasteiger partial charge on any atom is 0.182 e. The van der Waals surface area contributed by atoms with E-state index in [1.54, 1.807) is 18.7 Å². The smallest absolute Gasteiger partial charge is 0.182 e. The number of hydrogen-bond donors (Lipinski definition) is 0. The molecule has 0 saturated carbocycles. The molecule has 3 rings (SSSR count). The molecule has 0 unspecified atom stereocenters. The van der Waals surface area contributed by atoms with E-state index in [-0.39, 0.29) is 0 Å². The Morgan fingerprint density at radius 3 is 2.37 bits per heavy atom. The van der Waals surface area contributed by atoms with Crippen LogP contribution in [0, 0.1) is 0 Å². The molecular weight excluding hydrogens is 242 g/mol. The van der Waals surface area contributed by atoms with Gasteiger partial charge >= 0.3 is 0 Å². The second-order valence-corrected chi connectivity index (χ2v) is 4.03. The van der Waals surface area contributed by atoms with Gasteiger partial charge in [-0.25, -0.2) is 9.50 Å². The standard InChI is InChI=1S/C14H13N3O2/c1-18-11-5-3-10(4-6-11)14-15-13-9-12(19-2)7-8-17(13)16-14/h3-9H,1-2H3. The van der Waals surface area contributed by atoms with Gasteiger partial charge in [0.25, 0.3) is 0 Å². The van der Waals surface area contributed by atoms with Crippen molar-refractivity contribution < 1.29 is 9.47 Å². The summed E-state index contributed by atoms with van der Waals surface area (Å²) in [5.41, 5.74) is 1.70. The summed E-state index contributed by atoms with van der Waals surface area (Å²) in [7, 11) is 3.27. The zero-order valence-electron chi connectivity index (χ0n) is 10.7. The molecule has 0 saturated heterocycles. The Bertz CT molecular complexity index is 704. The molecule has 0 bridgehead atoms. The Kier molecular flexibility index (Phi) is 2.79. The van der Waals surface area contributed by atoms with Crippen molar-refractivity contribution >= 4 is 5.65 Å². The van der Waals surface area contributed by atoms with Crippen LogP contribution in [0.5, 0.6) is 11.5 Å². The highest BCUT2D eigenvalue weighted by Crippen LogP contribution is 2.21. The maximum atomic E-state index is 5.17. The van der Waals surface area contributed by atoms with Crippen LogP contribution in [0.15, 0.2) is 42.6 Å². The molecule has 0 fully saturated rings. The van der Waals surface area contributed by atoms with Gasteiger partial charge in [-0.1, -0.05) is 0 Å². The quantitative estimate of drug-likeness (QED) is 0.721. The van der Waals surface area contributed by atoms with Gasteiger partial charge in [0.1, 0.15) is 11.5 Å². The fourth-order valence-corrected chi connectivity index (χ4v) is 1.85. The fourth-order valence-electron chi connectivity index (χ4n) is 1.85. The molecule has 19 heavy (non-hydrogen) atoms. The molecule has 0 radical (unpaired) electrons. The first-order valence-electron chi connectivity index (χ1n) is 5.85. The Balaban J connectivity index is 2.04. The maximum absolute atomic E-state index is 5.17. The number of aromatic nitrogens is 3. The van der Waals surface area contributed by atoms with Gasteiger partial charge in [-0.2, -0.15) is 0 Å². The minimum atomic E-state index is 0.677. The summed E-state index contributed by atoms with van der Waals surface area (Å²) >= 11 is 0. The molecule has 0 atom stereocenters. The predicted molar refractivity (Wildman–Crippen MR) is 71.5 cm³/mol. The van der Waals surface area contributed by atoms with Crippen LogP contribution in [0.25, 0.3) is 17.0 Å². The van der Waals surface area contributed by atoms with Gasteiger partial charge in [0, 0.05) is 17.8 Å². The highest BCUT2D eigenvalue weighted by Gasteiger charge is 2.07. The van der Waals surface area contributed by atoms with E-state index in [4.69, 9.17) is 9.47 Å². The van der Waals surface area contributed by atoms with Crippen LogP contribution in [0.2, 0.25) is 0 Å². The Morgan fingerprint density at radius 2 is 1.68 bits per heavy atom. The molecule has 5 nitrogen and oxygen atoms in total. The van der Waals surface area contributed by atoms with Crippen LogP contribution >= 0.6 is 0 Å². The molecule has 96 valence electrons. The molecule has 3 aromatic rings. The molecule has 0 aliphatic rings. The van der Waals surface area contributed by atoms with Gasteiger partial charge in [0.2, 0.25) is 0 Å². The van der Waals surface area contributed by atoms with Crippen molar-refractivity contribution in [3.8, 4) is 22.9 Å². The van der Waals surface area contributed by atoms with Crippen molar-refractivity contribution in [1.82, 2.24) is 14.6 Å². The summed E-state index contributed by atoms with van der Waals surface area (Å²) in [5.74, 6) is 2.26. The van der Waals surface area contributed by atoms with E-state index in [9.17, 15) is 0 Å². The lowest BCUT2D eigenvalue weighted by Crippen LogP contribution is -1.88. The van der Waals surface area contributed by atoms with Gasteiger partial charge in [-0.3, -0.25) is 0 Å². The SMILES string of the molecule is COc1ccc(-c2nc3cc(OC)ccn3n2)cc1. The first-order valence-corrected chi connectivity index (χ1v) is 5.85. The third kappa shape index (κ3) is 2.10.